The van der Waals surface area contributed by atoms with Gasteiger partial charge in [-0.2, -0.15) is 0 Å². The Bertz CT molecular complexity index is 148. The number of likely N-dealkylation sites (N-methyl/N-ethyl adjacent to an activating group) is 1. The number of aliphatic carboxylic acids is 1. The molecule has 0 aliphatic rings. The number of rotatable bonds is 5. The van der Waals surface area contributed by atoms with Gasteiger partial charge in [-0.25, -0.2) is 0 Å². The molecule has 3 N–H and O–H groups in total. The highest BCUT2D eigenvalue weighted by Gasteiger charge is 2.12. The Balaban J connectivity index is 3.68. The van der Waals surface area contributed by atoms with Crippen molar-refractivity contribution >= 4 is 5.97 Å². The minimum atomic E-state index is -0.834. The molecule has 0 heterocycles. The second kappa shape index (κ2) is 5.11. The fraction of sp³-hybridized carbons (Fsp3) is 0.875. The zero-order valence-corrected chi connectivity index (χ0v) is 7.95. The van der Waals surface area contributed by atoms with Gasteiger partial charge in [0.2, 0.25) is 0 Å². The second-order valence-corrected chi connectivity index (χ2v) is 3.39. The Morgan fingerprint density at radius 2 is 2.08 bits per heavy atom. The quantitative estimate of drug-likeness (QED) is 0.621. The highest BCUT2D eigenvalue weighted by Crippen LogP contribution is 1.97. The third-order valence-electron chi connectivity index (χ3n) is 1.84. The smallest absolute Gasteiger partial charge is 0.304 e. The van der Waals surface area contributed by atoms with Crippen LogP contribution >= 0.6 is 0 Å². The predicted octanol–water partition coefficient (Wildman–Crippen LogP) is 0.129. The lowest BCUT2D eigenvalue weighted by Crippen LogP contribution is -2.39. The van der Waals surface area contributed by atoms with Crippen LogP contribution in [0.2, 0.25) is 0 Å². The molecule has 12 heavy (non-hydrogen) atoms. The van der Waals surface area contributed by atoms with Crippen LogP contribution in [0.1, 0.15) is 20.3 Å². The van der Waals surface area contributed by atoms with Crippen LogP contribution in [-0.4, -0.2) is 41.7 Å². The molecule has 0 amide bonds. The van der Waals surface area contributed by atoms with Crippen LogP contribution in [0, 0.1) is 0 Å². The largest absolute Gasteiger partial charge is 0.481 e. The van der Waals surface area contributed by atoms with Gasteiger partial charge in [-0.05, 0) is 20.9 Å². The van der Waals surface area contributed by atoms with Crippen molar-refractivity contribution in [2.75, 3.05) is 13.6 Å². The zero-order chi connectivity index (χ0) is 9.72. The molecule has 0 radical (unpaired) electrons. The number of carbonyl (C=O) groups is 1. The van der Waals surface area contributed by atoms with Crippen molar-refractivity contribution in [2.45, 2.75) is 32.4 Å². The first-order chi connectivity index (χ1) is 5.43. The van der Waals surface area contributed by atoms with Crippen LogP contribution in [0.4, 0.5) is 0 Å². The van der Waals surface area contributed by atoms with E-state index >= 15 is 0 Å². The van der Waals surface area contributed by atoms with Crippen LogP contribution in [0.25, 0.3) is 0 Å². The average molecular weight is 174 g/mol. The summed E-state index contributed by atoms with van der Waals surface area (Å²) in [5, 5.41) is 8.44. The maximum atomic E-state index is 10.3. The fourth-order valence-corrected chi connectivity index (χ4v) is 0.870. The van der Waals surface area contributed by atoms with Gasteiger partial charge in [0.1, 0.15) is 0 Å². The highest BCUT2D eigenvalue weighted by atomic mass is 16.4. The lowest BCUT2D eigenvalue weighted by Gasteiger charge is -2.23. The Hall–Kier alpha value is -0.610. The molecule has 0 spiro atoms. The summed E-state index contributed by atoms with van der Waals surface area (Å²) in [5.41, 5.74) is 5.59. The van der Waals surface area contributed by atoms with E-state index in [9.17, 15) is 4.79 Å². The van der Waals surface area contributed by atoms with Gasteiger partial charge in [0.25, 0.3) is 0 Å². The summed E-state index contributed by atoms with van der Waals surface area (Å²) >= 11 is 0. The number of hydrogen-bond acceptors (Lipinski definition) is 3. The normalized spacial score (nSPS) is 13.8. The van der Waals surface area contributed by atoms with Crippen molar-refractivity contribution in [3.05, 3.63) is 0 Å². The van der Waals surface area contributed by atoms with Crippen molar-refractivity contribution in [1.29, 1.82) is 0 Å². The monoisotopic (exact) mass is 174 g/mol. The van der Waals surface area contributed by atoms with E-state index < -0.39 is 5.97 Å². The molecule has 0 bridgehead atoms. The summed E-state index contributed by atoms with van der Waals surface area (Å²) in [6.07, 6.45) is 0.0387. The molecule has 0 aromatic carbocycles. The molecule has 4 heteroatoms. The lowest BCUT2D eigenvalue weighted by molar-refractivity contribution is -0.137. The van der Waals surface area contributed by atoms with Crippen LogP contribution in [0.5, 0.6) is 0 Å². The number of hydrogen-bond donors (Lipinski definition) is 2. The maximum absolute atomic E-state index is 10.3. The number of carboxylic acid groups (broad SMARTS) is 1. The van der Waals surface area contributed by atoms with Gasteiger partial charge < -0.3 is 15.7 Å². The molecule has 1 atom stereocenters. The van der Waals surface area contributed by atoms with Gasteiger partial charge in [-0.3, -0.25) is 4.79 Å². The minimum absolute atomic E-state index is 0.0387. The van der Waals surface area contributed by atoms with E-state index in [1.165, 1.54) is 0 Å². The van der Waals surface area contributed by atoms with Crippen molar-refractivity contribution in [2.24, 2.45) is 5.73 Å². The molecule has 0 aromatic rings. The Kier molecular flexibility index (Phi) is 4.85. The Labute approximate surface area is 73.3 Å². The third kappa shape index (κ3) is 5.09. The van der Waals surface area contributed by atoms with E-state index in [2.05, 4.69) is 0 Å². The Morgan fingerprint density at radius 1 is 1.58 bits per heavy atom. The molecule has 0 aromatic heterocycles. The van der Waals surface area contributed by atoms with E-state index in [1.54, 1.807) is 0 Å². The van der Waals surface area contributed by atoms with Crippen LogP contribution in [0.15, 0.2) is 0 Å². The molecule has 4 nitrogen and oxygen atoms in total. The van der Waals surface area contributed by atoms with E-state index in [4.69, 9.17) is 10.8 Å². The van der Waals surface area contributed by atoms with E-state index in [-0.39, 0.29) is 12.5 Å². The van der Waals surface area contributed by atoms with E-state index in [0.29, 0.717) is 12.6 Å². The summed E-state index contributed by atoms with van der Waals surface area (Å²) < 4.78 is 0. The summed E-state index contributed by atoms with van der Waals surface area (Å²) in [6.45, 7) is 4.73. The topological polar surface area (TPSA) is 66.6 Å². The van der Waals surface area contributed by atoms with E-state index in [1.807, 2.05) is 25.8 Å². The molecule has 72 valence electrons. The van der Waals surface area contributed by atoms with Gasteiger partial charge >= 0.3 is 5.97 Å². The van der Waals surface area contributed by atoms with Crippen LogP contribution < -0.4 is 5.73 Å². The molecule has 0 aliphatic heterocycles. The van der Waals surface area contributed by atoms with Crippen molar-refractivity contribution in [1.82, 2.24) is 4.90 Å². The lowest BCUT2D eigenvalue weighted by atomic mass is 10.2. The summed E-state index contributed by atoms with van der Waals surface area (Å²) in [7, 11) is 1.94. The summed E-state index contributed by atoms with van der Waals surface area (Å²) in [4.78, 5) is 12.3. The number of nitrogens with two attached hydrogens (primary N) is 1. The molecule has 0 saturated heterocycles. The molecular weight excluding hydrogens is 156 g/mol. The maximum Gasteiger partial charge on any atom is 0.304 e. The molecule has 0 fully saturated rings. The summed E-state index contributed by atoms with van der Waals surface area (Å²) in [5.74, 6) is -0.834. The first-order valence-corrected chi connectivity index (χ1v) is 4.11. The predicted molar refractivity (Wildman–Crippen MR) is 48.0 cm³/mol. The fourth-order valence-electron chi connectivity index (χ4n) is 0.870. The standard InChI is InChI=1S/C8H18N2O2/c1-6(2)10(3)5-7(9)4-8(11)12/h6-7H,4-5,9H2,1-3H3,(H,11,12). The zero-order valence-electron chi connectivity index (χ0n) is 7.95. The SMILES string of the molecule is CC(C)N(C)CC(N)CC(=O)O. The van der Waals surface area contributed by atoms with Gasteiger partial charge in [-0.15, -0.1) is 0 Å². The minimum Gasteiger partial charge on any atom is -0.481 e. The Morgan fingerprint density at radius 3 is 2.42 bits per heavy atom. The van der Waals surface area contributed by atoms with Gasteiger partial charge in [0.05, 0.1) is 6.42 Å². The van der Waals surface area contributed by atoms with Crippen molar-refractivity contribution in [3.63, 3.8) is 0 Å². The molecule has 0 aliphatic carbocycles. The molecule has 0 saturated carbocycles. The van der Waals surface area contributed by atoms with Crippen molar-refractivity contribution in [3.8, 4) is 0 Å². The number of carboxylic acids is 1. The van der Waals surface area contributed by atoms with Crippen molar-refractivity contribution < 1.29 is 9.90 Å². The first kappa shape index (κ1) is 11.4. The van der Waals surface area contributed by atoms with E-state index in [0.717, 1.165) is 0 Å². The average Bonchev–Trinajstić information content (AvgIpc) is 1.84. The van der Waals surface area contributed by atoms with Crippen LogP contribution in [0.3, 0.4) is 0 Å². The molecule has 0 rings (SSSR count). The number of nitrogens with zero attached hydrogens (tertiary/aromatic N) is 1. The third-order valence-corrected chi connectivity index (χ3v) is 1.84. The highest BCUT2D eigenvalue weighted by molar-refractivity contribution is 5.67. The molecular formula is C8H18N2O2. The first-order valence-electron chi connectivity index (χ1n) is 4.11. The van der Waals surface area contributed by atoms with Gasteiger partial charge in [0.15, 0.2) is 0 Å². The van der Waals surface area contributed by atoms with Gasteiger partial charge in [-0.1, -0.05) is 0 Å². The molecule has 1 unspecified atom stereocenters. The van der Waals surface area contributed by atoms with Gasteiger partial charge in [0, 0.05) is 18.6 Å². The van der Waals surface area contributed by atoms with Crippen LogP contribution in [-0.2, 0) is 4.79 Å². The second-order valence-electron chi connectivity index (χ2n) is 3.39. The summed E-state index contributed by atoms with van der Waals surface area (Å²) in [6, 6.07) is 0.139.